The summed E-state index contributed by atoms with van der Waals surface area (Å²) in [6.07, 6.45) is 10.8. The molecule has 0 bridgehead atoms. The molecule has 1 N–H and O–H groups in total. The van der Waals surface area contributed by atoms with Crippen molar-refractivity contribution in [2.45, 2.75) is 57.3 Å². The molecule has 0 saturated heterocycles. The van der Waals surface area contributed by atoms with Crippen LogP contribution < -0.4 is 0 Å². The number of aryl methyl sites for hydroxylation is 1. The van der Waals surface area contributed by atoms with Crippen LogP contribution in [0, 0.1) is 0 Å². The second kappa shape index (κ2) is 4.71. The number of aromatic carboxylic acids is 1. The number of carboxylic acid groups (broad SMARTS) is 1. The monoisotopic (exact) mass is 245 g/mol. The number of carboxylic acids is 1. The fraction of sp³-hybridized carbons (Fsp3) is 0.600. The molecule has 1 heterocycles. The van der Waals surface area contributed by atoms with E-state index in [1.54, 1.807) is 6.20 Å². The topological polar surface area (TPSA) is 50.2 Å². The number of rotatable bonds is 2. The lowest BCUT2D eigenvalue weighted by molar-refractivity contribution is 0.0694. The lowest BCUT2D eigenvalue weighted by atomic mass is 9.83. The van der Waals surface area contributed by atoms with Crippen molar-refractivity contribution in [3.63, 3.8) is 0 Å². The SMILES string of the molecule is O=C(O)c1cnc2c(c1C1CCCC1)CCCC2. The Morgan fingerprint density at radius 2 is 1.89 bits per heavy atom. The third kappa shape index (κ3) is 1.92. The van der Waals surface area contributed by atoms with Gasteiger partial charge in [-0.3, -0.25) is 4.98 Å². The third-order valence-corrected chi connectivity index (χ3v) is 4.40. The number of hydrogen-bond donors (Lipinski definition) is 1. The molecule has 1 aromatic rings. The van der Waals surface area contributed by atoms with Crippen molar-refractivity contribution in [1.29, 1.82) is 0 Å². The first-order valence-electron chi connectivity index (χ1n) is 7.01. The fourth-order valence-electron chi connectivity index (χ4n) is 3.55. The van der Waals surface area contributed by atoms with Crippen LogP contribution in [0.15, 0.2) is 6.20 Å². The van der Waals surface area contributed by atoms with E-state index in [9.17, 15) is 9.90 Å². The quantitative estimate of drug-likeness (QED) is 0.869. The van der Waals surface area contributed by atoms with Crippen LogP contribution in [-0.4, -0.2) is 16.1 Å². The molecule has 3 nitrogen and oxygen atoms in total. The van der Waals surface area contributed by atoms with Crippen LogP contribution in [0.3, 0.4) is 0 Å². The van der Waals surface area contributed by atoms with E-state index < -0.39 is 5.97 Å². The number of pyridine rings is 1. The van der Waals surface area contributed by atoms with Crippen LogP contribution in [-0.2, 0) is 12.8 Å². The van der Waals surface area contributed by atoms with Gasteiger partial charge >= 0.3 is 5.97 Å². The molecule has 2 aliphatic carbocycles. The molecule has 96 valence electrons. The van der Waals surface area contributed by atoms with Crippen molar-refractivity contribution >= 4 is 5.97 Å². The van der Waals surface area contributed by atoms with E-state index >= 15 is 0 Å². The molecule has 2 aliphatic rings. The van der Waals surface area contributed by atoms with Crippen molar-refractivity contribution in [2.75, 3.05) is 0 Å². The summed E-state index contributed by atoms with van der Waals surface area (Å²) in [4.78, 5) is 15.8. The van der Waals surface area contributed by atoms with Crippen molar-refractivity contribution in [3.8, 4) is 0 Å². The van der Waals surface area contributed by atoms with Gasteiger partial charge in [-0.25, -0.2) is 4.79 Å². The summed E-state index contributed by atoms with van der Waals surface area (Å²) in [5.74, 6) is -0.344. The van der Waals surface area contributed by atoms with Crippen molar-refractivity contribution < 1.29 is 9.90 Å². The van der Waals surface area contributed by atoms with Gasteiger partial charge in [-0.05, 0) is 55.6 Å². The summed E-state index contributed by atoms with van der Waals surface area (Å²) in [6.45, 7) is 0. The molecule has 0 radical (unpaired) electrons. The van der Waals surface area contributed by atoms with Crippen LogP contribution in [0.2, 0.25) is 0 Å². The molecule has 0 unspecified atom stereocenters. The minimum Gasteiger partial charge on any atom is -0.478 e. The average Bonchev–Trinajstić information content (AvgIpc) is 2.90. The summed E-state index contributed by atoms with van der Waals surface area (Å²) in [6, 6.07) is 0. The highest BCUT2D eigenvalue weighted by atomic mass is 16.4. The Bertz CT molecular complexity index is 476. The first-order chi connectivity index (χ1) is 8.77. The predicted molar refractivity (Wildman–Crippen MR) is 69.0 cm³/mol. The maximum atomic E-state index is 11.4. The first-order valence-corrected chi connectivity index (χ1v) is 7.01. The van der Waals surface area contributed by atoms with Crippen LogP contribution in [0.4, 0.5) is 0 Å². The normalized spacial score (nSPS) is 19.8. The molecule has 0 aromatic carbocycles. The molecular weight excluding hydrogens is 226 g/mol. The highest BCUT2D eigenvalue weighted by Crippen LogP contribution is 2.39. The lowest BCUT2D eigenvalue weighted by Gasteiger charge is -2.23. The van der Waals surface area contributed by atoms with Gasteiger partial charge in [0, 0.05) is 11.9 Å². The summed E-state index contributed by atoms with van der Waals surface area (Å²) in [5, 5.41) is 9.39. The predicted octanol–water partition coefficient (Wildman–Crippen LogP) is 3.32. The van der Waals surface area contributed by atoms with Gasteiger partial charge in [-0.1, -0.05) is 12.8 Å². The maximum absolute atomic E-state index is 11.4. The Morgan fingerprint density at radius 3 is 2.61 bits per heavy atom. The zero-order valence-corrected chi connectivity index (χ0v) is 10.6. The number of hydrogen-bond acceptors (Lipinski definition) is 2. The van der Waals surface area contributed by atoms with Gasteiger partial charge in [0.1, 0.15) is 0 Å². The Kier molecular flexibility index (Phi) is 3.06. The minimum atomic E-state index is -0.808. The van der Waals surface area contributed by atoms with Gasteiger partial charge in [-0.15, -0.1) is 0 Å². The molecule has 0 aliphatic heterocycles. The molecule has 0 atom stereocenters. The number of carbonyl (C=O) groups is 1. The molecule has 0 spiro atoms. The highest BCUT2D eigenvalue weighted by molar-refractivity contribution is 5.89. The van der Waals surface area contributed by atoms with Gasteiger partial charge < -0.3 is 5.11 Å². The van der Waals surface area contributed by atoms with Gasteiger partial charge in [-0.2, -0.15) is 0 Å². The summed E-state index contributed by atoms with van der Waals surface area (Å²) in [5.41, 5.74) is 4.02. The second-order valence-corrected chi connectivity index (χ2v) is 5.50. The van der Waals surface area contributed by atoms with Crippen molar-refractivity contribution in [3.05, 3.63) is 28.6 Å². The summed E-state index contributed by atoms with van der Waals surface area (Å²) < 4.78 is 0. The van der Waals surface area contributed by atoms with Gasteiger partial charge in [0.15, 0.2) is 0 Å². The van der Waals surface area contributed by atoms with Crippen LogP contribution in [0.5, 0.6) is 0 Å². The van der Waals surface area contributed by atoms with Crippen molar-refractivity contribution in [2.24, 2.45) is 0 Å². The van der Waals surface area contributed by atoms with Crippen LogP contribution >= 0.6 is 0 Å². The van der Waals surface area contributed by atoms with Gasteiger partial charge in [0.2, 0.25) is 0 Å². The second-order valence-electron chi connectivity index (χ2n) is 5.50. The van der Waals surface area contributed by atoms with E-state index in [4.69, 9.17) is 0 Å². The zero-order valence-electron chi connectivity index (χ0n) is 10.6. The lowest BCUT2D eigenvalue weighted by Crippen LogP contribution is -2.16. The highest BCUT2D eigenvalue weighted by Gasteiger charge is 2.28. The van der Waals surface area contributed by atoms with Crippen LogP contribution in [0.1, 0.15) is 71.6 Å². The molecule has 3 heteroatoms. The molecular formula is C15H19NO2. The molecule has 1 saturated carbocycles. The smallest absolute Gasteiger partial charge is 0.337 e. The molecule has 0 amide bonds. The van der Waals surface area contributed by atoms with E-state index in [1.807, 2.05) is 0 Å². The number of fused-ring (bicyclic) bond motifs is 1. The first kappa shape index (κ1) is 11.7. The number of nitrogens with zero attached hydrogens (tertiary/aromatic N) is 1. The minimum absolute atomic E-state index is 0.461. The van der Waals surface area contributed by atoms with E-state index in [1.165, 1.54) is 31.2 Å². The van der Waals surface area contributed by atoms with Crippen LogP contribution in [0.25, 0.3) is 0 Å². The Morgan fingerprint density at radius 1 is 1.17 bits per heavy atom. The molecule has 18 heavy (non-hydrogen) atoms. The van der Waals surface area contributed by atoms with E-state index in [0.29, 0.717) is 11.5 Å². The maximum Gasteiger partial charge on any atom is 0.337 e. The Labute approximate surface area is 107 Å². The molecule has 1 fully saturated rings. The fourth-order valence-corrected chi connectivity index (χ4v) is 3.55. The summed E-state index contributed by atoms with van der Waals surface area (Å²) in [7, 11) is 0. The standard InChI is InChI=1S/C15H19NO2/c17-15(18)12-9-16-13-8-4-3-7-11(13)14(12)10-5-1-2-6-10/h9-10H,1-8H2,(H,17,18). The van der Waals surface area contributed by atoms with E-state index in [2.05, 4.69) is 4.98 Å². The largest absolute Gasteiger partial charge is 0.478 e. The molecule has 3 rings (SSSR count). The zero-order chi connectivity index (χ0) is 12.5. The number of aromatic nitrogens is 1. The molecule has 1 aromatic heterocycles. The van der Waals surface area contributed by atoms with E-state index in [-0.39, 0.29) is 0 Å². The average molecular weight is 245 g/mol. The van der Waals surface area contributed by atoms with E-state index in [0.717, 1.165) is 36.9 Å². The Balaban J connectivity index is 2.13. The van der Waals surface area contributed by atoms with Crippen molar-refractivity contribution in [1.82, 2.24) is 4.98 Å². The third-order valence-electron chi connectivity index (χ3n) is 4.40. The van der Waals surface area contributed by atoms with Gasteiger partial charge in [0.25, 0.3) is 0 Å². The van der Waals surface area contributed by atoms with Gasteiger partial charge in [0.05, 0.1) is 5.56 Å². The Hall–Kier alpha value is -1.38. The summed E-state index contributed by atoms with van der Waals surface area (Å²) >= 11 is 0.